The Hall–Kier alpha value is -1.54. The molecule has 7 nitrogen and oxygen atoms in total. The van der Waals surface area contributed by atoms with E-state index in [2.05, 4.69) is 4.98 Å². The van der Waals surface area contributed by atoms with Gasteiger partial charge in [0.25, 0.3) is 5.56 Å². The van der Waals surface area contributed by atoms with Crippen LogP contribution in [0.1, 0.15) is 13.3 Å². The Morgan fingerprint density at radius 1 is 1.78 bits per heavy atom. The Morgan fingerprint density at radius 3 is 3.17 bits per heavy atom. The first-order valence-corrected chi connectivity index (χ1v) is 6.35. The van der Waals surface area contributed by atoms with Crippen LogP contribution in [0.15, 0.2) is 16.0 Å². The number of nitrogen functional groups attached to an aromatic ring is 1. The molecule has 0 saturated carbocycles. The third kappa shape index (κ3) is 2.21. The number of carbonyl (C=O) groups is 1. The number of thioether (sulfide) groups is 1. The van der Waals surface area contributed by atoms with E-state index >= 15 is 0 Å². The lowest BCUT2D eigenvalue weighted by molar-refractivity contribution is -0.151. The predicted molar refractivity (Wildman–Crippen MR) is 65.1 cm³/mol. The van der Waals surface area contributed by atoms with Gasteiger partial charge >= 0.3 is 5.97 Å². The number of rotatable bonds is 3. The van der Waals surface area contributed by atoms with Crippen LogP contribution in [-0.4, -0.2) is 33.0 Å². The van der Waals surface area contributed by atoms with E-state index in [1.54, 1.807) is 6.92 Å². The highest BCUT2D eigenvalue weighted by Gasteiger charge is 2.41. The van der Waals surface area contributed by atoms with E-state index in [-0.39, 0.29) is 24.6 Å². The van der Waals surface area contributed by atoms with Crippen molar-refractivity contribution in [3.63, 3.8) is 0 Å². The molecule has 18 heavy (non-hydrogen) atoms. The van der Waals surface area contributed by atoms with Gasteiger partial charge in [0.05, 0.1) is 18.8 Å². The summed E-state index contributed by atoms with van der Waals surface area (Å²) < 4.78 is 6.10. The van der Waals surface area contributed by atoms with Gasteiger partial charge in [-0.1, -0.05) is 11.8 Å². The number of aliphatic hydroxyl groups is 1. The Bertz CT molecular complexity index is 544. The summed E-state index contributed by atoms with van der Waals surface area (Å²) in [6, 6.07) is 1.12. The molecule has 0 amide bonds. The Morgan fingerprint density at radius 2 is 2.50 bits per heavy atom. The molecule has 8 heteroatoms. The van der Waals surface area contributed by atoms with Crippen molar-refractivity contribution in [1.82, 2.24) is 9.55 Å². The van der Waals surface area contributed by atoms with Gasteiger partial charge in [0, 0.05) is 6.07 Å². The summed E-state index contributed by atoms with van der Waals surface area (Å²) in [7, 11) is 0. The maximum absolute atomic E-state index is 11.5. The Kier molecular flexibility index (Phi) is 3.31. The van der Waals surface area contributed by atoms with Crippen LogP contribution in [0.25, 0.3) is 0 Å². The van der Waals surface area contributed by atoms with Crippen molar-refractivity contribution >= 4 is 23.5 Å². The van der Waals surface area contributed by atoms with Crippen LogP contribution in [0.2, 0.25) is 0 Å². The second-order valence-electron chi connectivity index (χ2n) is 3.89. The van der Waals surface area contributed by atoms with Crippen molar-refractivity contribution in [2.75, 3.05) is 18.1 Å². The van der Waals surface area contributed by atoms with E-state index in [0.29, 0.717) is 5.16 Å². The van der Waals surface area contributed by atoms with E-state index in [4.69, 9.17) is 10.5 Å². The fraction of sp³-hybridized carbons (Fsp3) is 0.500. The third-order valence-corrected chi connectivity index (χ3v) is 3.65. The van der Waals surface area contributed by atoms with Crippen LogP contribution < -0.4 is 11.3 Å². The molecule has 0 fully saturated rings. The average Bonchev–Trinajstić information content (AvgIpc) is 2.55. The second-order valence-corrected chi connectivity index (χ2v) is 4.83. The lowest BCUT2D eigenvalue weighted by Gasteiger charge is -2.25. The Balaban J connectivity index is 2.35. The van der Waals surface area contributed by atoms with Crippen molar-refractivity contribution in [2.45, 2.75) is 24.2 Å². The lowest BCUT2D eigenvalue weighted by Crippen LogP contribution is -2.38. The van der Waals surface area contributed by atoms with Crippen molar-refractivity contribution < 1.29 is 14.6 Å². The molecule has 98 valence electrons. The first kappa shape index (κ1) is 12.9. The first-order chi connectivity index (χ1) is 8.46. The number of hydrogen-bond acceptors (Lipinski definition) is 7. The molecular weight excluding hydrogens is 258 g/mol. The zero-order valence-corrected chi connectivity index (χ0v) is 10.6. The Labute approximate surface area is 107 Å². The van der Waals surface area contributed by atoms with E-state index < -0.39 is 17.3 Å². The number of nitrogens with two attached hydrogens (primary N) is 1. The molecule has 0 aromatic carbocycles. The van der Waals surface area contributed by atoms with Gasteiger partial charge in [0.2, 0.25) is 0 Å². The summed E-state index contributed by atoms with van der Waals surface area (Å²) in [6.45, 7) is 1.93. The summed E-state index contributed by atoms with van der Waals surface area (Å²) in [5.41, 5.74) is 3.74. The first-order valence-electron chi connectivity index (χ1n) is 5.37. The summed E-state index contributed by atoms with van der Waals surface area (Å²) in [5.74, 6) is -0.236. The lowest BCUT2D eigenvalue weighted by atomic mass is 10.1. The minimum atomic E-state index is -1.49. The average molecular weight is 271 g/mol. The maximum Gasteiger partial charge on any atom is 0.310 e. The highest BCUT2D eigenvalue weighted by Crippen LogP contribution is 2.38. The molecule has 1 atom stereocenters. The maximum atomic E-state index is 11.5. The summed E-state index contributed by atoms with van der Waals surface area (Å²) in [4.78, 5) is 26.4. The monoisotopic (exact) mass is 271 g/mol. The number of ether oxygens (including phenoxy) is 1. The third-order valence-electron chi connectivity index (χ3n) is 2.51. The van der Waals surface area contributed by atoms with Crippen LogP contribution in [0.5, 0.6) is 0 Å². The quantitative estimate of drug-likeness (QED) is 0.565. The van der Waals surface area contributed by atoms with Crippen molar-refractivity contribution in [3.8, 4) is 0 Å². The second kappa shape index (κ2) is 4.62. The van der Waals surface area contributed by atoms with E-state index in [9.17, 15) is 14.7 Å². The van der Waals surface area contributed by atoms with E-state index in [1.807, 2.05) is 0 Å². The molecule has 0 saturated heterocycles. The molecule has 1 aromatic heterocycles. The van der Waals surface area contributed by atoms with E-state index in [1.165, 1.54) is 16.3 Å². The molecule has 1 unspecified atom stereocenters. The molecule has 1 aliphatic rings. The molecule has 2 rings (SSSR count). The molecule has 0 bridgehead atoms. The van der Waals surface area contributed by atoms with Crippen LogP contribution in [0.3, 0.4) is 0 Å². The van der Waals surface area contributed by atoms with E-state index in [0.717, 1.165) is 6.07 Å². The van der Waals surface area contributed by atoms with Crippen LogP contribution in [0, 0.1) is 0 Å². The smallest absolute Gasteiger partial charge is 0.310 e. The molecule has 0 aliphatic carbocycles. The molecule has 1 aromatic rings. The molecule has 2 heterocycles. The van der Waals surface area contributed by atoms with Gasteiger partial charge in [-0.15, -0.1) is 0 Å². The predicted octanol–water partition coefficient (Wildman–Crippen LogP) is -0.470. The van der Waals surface area contributed by atoms with Gasteiger partial charge in [0.15, 0.2) is 10.9 Å². The number of fused-ring (bicyclic) bond motifs is 1. The molecule has 1 aliphatic heterocycles. The van der Waals surface area contributed by atoms with Crippen LogP contribution in [0.4, 0.5) is 5.82 Å². The van der Waals surface area contributed by atoms with Gasteiger partial charge in [-0.05, 0) is 6.92 Å². The van der Waals surface area contributed by atoms with Gasteiger partial charge in [-0.3, -0.25) is 14.2 Å². The van der Waals surface area contributed by atoms with Gasteiger partial charge < -0.3 is 15.6 Å². The van der Waals surface area contributed by atoms with Gasteiger partial charge in [-0.25, -0.2) is 0 Å². The summed E-state index contributed by atoms with van der Waals surface area (Å²) >= 11 is 1.18. The number of anilines is 1. The zero-order valence-electron chi connectivity index (χ0n) is 9.75. The number of nitrogens with zero attached hydrogens (tertiary/aromatic N) is 2. The minimum absolute atomic E-state index is 0.0850. The van der Waals surface area contributed by atoms with Gasteiger partial charge in [0.1, 0.15) is 5.82 Å². The fourth-order valence-electron chi connectivity index (χ4n) is 1.81. The molecule has 3 N–H and O–H groups in total. The summed E-state index contributed by atoms with van der Waals surface area (Å²) in [6.07, 6.45) is -0.227. The normalized spacial score (nSPS) is 21.7. The number of hydrogen-bond donors (Lipinski definition) is 2. The summed E-state index contributed by atoms with van der Waals surface area (Å²) in [5, 5.41) is 10.7. The fourth-order valence-corrected chi connectivity index (χ4v) is 2.96. The van der Waals surface area contributed by atoms with Crippen molar-refractivity contribution in [1.29, 1.82) is 0 Å². The molecule has 0 spiro atoms. The largest absolute Gasteiger partial charge is 0.466 e. The number of esters is 1. The molecular formula is C10H13N3O4S. The van der Waals surface area contributed by atoms with Crippen LogP contribution in [-0.2, 0) is 15.3 Å². The number of aromatic nitrogens is 2. The molecule has 0 radical (unpaired) electrons. The highest BCUT2D eigenvalue weighted by molar-refractivity contribution is 7.99. The van der Waals surface area contributed by atoms with Crippen molar-refractivity contribution in [3.05, 3.63) is 16.4 Å². The van der Waals surface area contributed by atoms with Crippen molar-refractivity contribution in [2.24, 2.45) is 0 Å². The minimum Gasteiger partial charge on any atom is -0.466 e. The van der Waals surface area contributed by atoms with Crippen LogP contribution >= 0.6 is 11.8 Å². The van der Waals surface area contributed by atoms with Gasteiger partial charge in [-0.2, -0.15) is 4.98 Å². The zero-order chi connectivity index (χ0) is 13.3. The standard InChI is InChI=1S/C10H13N3O4S/c1-2-17-8(15)4-10(16)5-18-9-12-7(14)3-6(11)13(9)10/h3,16H,2,4-5,11H2,1H3. The number of carbonyl (C=O) groups excluding carboxylic acids is 1. The SMILES string of the molecule is CCOC(=O)CC1(O)CSc2nc(=O)cc(N)n21. The highest BCUT2D eigenvalue weighted by atomic mass is 32.2. The topological polar surface area (TPSA) is 107 Å².